The molecule has 1 atom stereocenters. The van der Waals surface area contributed by atoms with Gasteiger partial charge in [-0.1, -0.05) is 13.8 Å². The van der Waals surface area contributed by atoms with Gasteiger partial charge in [0.2, 0.25) is 0 Å². The molecule has 2 nitrogen and oxygen atoms in total. The molecule has 0 aromatic carbocycles. The van der Waals surface area contributed by atoms with Crippen LogP contribution in [0.3, 0.4) is 0 Å². The Morgan fingerprint density at radius 3 is 2.47 bits per heavy atom. The molecular weight excluding hydrogens is 256 g/mol. The van der Waals surface area contributed by atoms with Crippen LogP contribution in [0.2, 0.25) is 0 Å². The summed E-state index contributed by atoms with van der Waals surface area (Å²) in [5.74, 6) is 2.86. The normalized spacial score (nSPS) is 27.0. The van der Waals surface area contributed by atoms with Gasteiger partial charge < -0.3 is 10.2 Å². The highest BCUT2D eigenvalue weighted by Gasteiger charge is 2.20. The van der Waals surface area contributed by atoms with Crippen LogP contribution < -0.4 is 5.32 Å². The smallest absolute Gasteiger partial charge is 0.00160 e. The van der Waals surface area contributed by atoms with E-state index in [1.54, 1.807) is 0 Å². The van der Waals surface area contributed by atoms with E-state index in [1.807, 2.05) is 0 Å². The fourth-order valence-electron chi connectivity index (χ4n) is 3.61. The molecule has 2 aliphatic heterocycles. The lowest BCUT2D eigenvalue weighted by molar-refractivity contribution is 0.236. The van der Waals surface area contributed by atoms with Gasteiger partial charge in [-0.05, 0) is 89.0 Å². The van der Waals surface area contributed by atoms with Gasteiger partial charge in [-0.2, -0.15) is 0 Å². The van der Waals surface area contributed by atoms with Crippen LogP contribution in [0.5, 0.6) is 0 Å². The maximum absolute atomic E-state index is 3.47. The van der Waals surface area contributed by atoms with Crippen molar-refractivity contribution in [1.82, 2.24) is 10.2 Å². The second-order valence-corrected chi connectivity index (χ2v) is 6.76. The Hall–Kier alpha value is 0.210. The molecule has 0 aliphatic carbocycles. The van der Waals surface area contributed by atoms with Crippen molar-refractivity contribution >= 4 is 12.4 Å². The van der Waals surface area contributed by atoms with Crippen LogP contribution in [0.15, 0.2) is 0 Å². The first-order valence-corrected chi connectivity index (χ1v) is 8.19. The molecule has 0 spiro atoms. The van der Waals surface area contributed by atoms with Gasteiger partial charge in [0.1, 0.15) is 0 Å². The zero-order chi connectivity index (χ0) is 12.8. The number of rotatable bonds is 4. The molecule has 3 heteroatoms. The van der Waals surface area contributed by atoms with Gasteiger partial charge in [0.15, 0.2) is 0 Å². The molecule has 114 valence electrons. The molecule has 19 heavy (non-hydrogen) atoms. The van der Waals surface area contributed by atoms with Crippen LogP contribution in [0.1, 0.15) is 52.4 Å². The third kappa shape index (κ3) is 6.01. The second kappa shape index (κ2) is 9.20. The van der Waals surface area contributed by atoms with Crippen molar-refractivity contribution in [2.75, 3.05) is 32.7 Å². The van der Waals surface area contributed by atoms with Crippen LogP contribution >= 0.6 is 12.4 Å². The van der Waals surface area contributed by atoms with E-state index < -0.39 is 0 Å². The molecule has 0 bridgehead atoms. The summed E-state index contributed by atoms with van der Waals surface area (Å²) < 4.78 is 0. The minimum atomic E-state index is 0. The van der Waals surface area contributed by atoms with Crippen molar-refractivity contribution in [3.8, 4) is 0 Å². The number of likely N-dealkylation sites (tertiary alicyclic amines) is 1. The summed E-state index contributed by atoms with van der Waals surface area (Å²) in [6.45, 7) is 11.4. The quantitative estimate of drug-likeness (QED) is 0.851. The monoisotopic (exact) mass is 288 g/mol. The van der Waals surface area contributed by atoms with E-state index in [9.17, 15) is 0 Å². The van der Waals surface area contributed by atoms with Crippen molar-refractivity contribution in [2.45, 2.75) is 52.4 Å². The molecule has 0 amide bonds. The summed E-state index contributed by atoms with van der Waals surface area (Å²) >= 11 is 0. The number of nitrogens with zero attached hydrogens (tertiary/aromatic N) is 1. The number of halogens is 1. The van der Waals surface area contributed by atoms with E-state index in [4.69, 9.17) is 0 Å². The fraction of sp³-hybridized carbons (Fsp3) is 1.00. The van der Waals surface area contributed by atoms with Crippen molar-refractivity contribution in [3.63, 3.8) is 0 Å². The summed E-state index contributed by atoms with van der Waals surface area (Å²) in [7, 11) is 0. The lowest BCUT2D eigenvalue weighted by Crippen LogP contribution is -2.32. The van der Waals surface area contributed by atoms with Crippen LogP contribution in [-0.2, 0) is 0 Å². The topological polar surface area (TPSA) is 15.3 Å². The zero-order valence-corrected chi connectivity index (χ0v) is 13.7. The summed E-state index contributed by atoms with van der Waals surface area (Å²) in [5, 5.41) is 3.47. The summed E-state index contributed by atoms with van der Waals surface area (Å²) in [6, 6.07) is 0. The molecular formula is C16H33ClN2. The lowest BCUT2D eigenvalue weighted by atomic mass is 9.89. The molecule has 2 heterocycles. The minimum Gasteiger partial charge on any atom is -0.317 e. The van der Waals surface area contributed by atoms with E-state index in [1.165, 1.54) is 71.2 Å². The van der Waals surface area contributed by atoms with Crippen LogP contribution in [0, 0.1) is 17.8 Å². The molecule has 2 rings (SSSR count). The Morgan fingerprint density at radius 1 is 1.05 bits per heavy atom. The van der Waals surface area contributed by atoms with Gasteiger partial charge in [0.25, 0.3) is 0 Å². The van der Waals surface area contributed by atoms with E-state index >= 15 is 0 Å². The first kappa shape index (κ1) is 17.3. The van der Waals surface area contributed by atoms with Crippen LogP contribution in [-0.4, -0.2) is 37.6 Å². The second-order valence-electron chi connectivity index (χ2n) is 6.76. The third-order valence-corrected chi connectivity index (χ3v) is 5.12. The molecule has 0 aromatic rings. The standard InChI is InChI=1S/C16H32N2.ClH/c1-14(2)16-4-3-11-18(13-8-16)12-7-15-5-9-17-10-6-15;/h14-17H,3-13H2,1-2H3;1H. The van der Waals surface area contributed by atoms with Gasteiger partial charge in [0.05, 0.1) is 0 Å². The van der Waals surface area contributed by atoms with Gasteiger partial charge >= 0.3 is 0 Å². The average molecular weight is 289 g/mol. The summed E-state index contributed by atoms with van der Waals surface area (Å²) in [5.41, 5.74) is 0. The Kier molecular flexibility index (Phi) is 8.36. The first-order valence-electron chi connectivity index (χ1n) is 8.19. The molecule has 2 aliphatic rings. The Bertz CT molecular complexity index is 227. The number of nitrogens with one attached hydrogen (secondary N) is 1. The van der Waals surface area contributed by atoms with Gasteiger partial charge in [-0.15, -0.1) is 12.4 Å². The van der Waals surface area contributed by atoms with E-state index in [-0.39, 0.29) is 12.4 Å². The Morgan fingerprint density at radius 2 is 1.79 bits per heavy atom. The first-order chi connectivity index (χ1) is 8.75. The van der Waals surface area contributed by atoms with Gasteiger partial charge in [-0.3, -0.25) is 0 Å². The highest BCUT2D eigenvalue weighted by molar-refractivity contribution is 5.85. The van der Waals surface area contributed by atoms with Gasteiger partial charge in [-0.25, -0.2) is 0 Å². The number of piperidine rings is 1. The predicted molar refractivity (Wildman–Crippen MR) is 86.1 cm³/mol. The van der Waals surface area contributed by atoms with Crippen molar-refractivity contribution in [1.29, 1.82) is 0 Å². The van der Waals surface area contributed by atoms with Crippen molar-refractivity contribution in [3.05, 3.63) is 0 Å². The summed E-state index contributed by atoms with van der Waals surface area (Å²) in [6.07, 6.45) is 8.57. The highest BCUT2D eigenvalue weighted by Crippen LogP contribution is 2.25. The van der Waals surface area contributed by atoms with Crippen molar-refractivity contribution < 1.29 is 0 Å². The fourth-order valence-corrected chi connectivity index (χ4v) is 3.61. The average Bonchev–Trinajstić information content (AvgIpc) is 2.63. The Labute approximate surface area is 126 Å². The largest absolute Gasteiger partial charge is 0.317 e. The van der Waals surface area contributed by atoms with Crippen molar-refractivity contribution in [2.24, 2.45) is 17.8 Å². The van der Waals surface area contributed by atoms with Gasteiger partial charge in [0, 0.05) is 0 Å². The Balaban J connectivity index is 0.00000180. The molecule has 2 fully saturated rings. The number of hydrogen-bond acceptors (Lipinski definition) is 2. The SMILES string of the molecule is CC(C)C1CCCN(CCC2CCNCC2)CC1.Cl. The summed E-state index contributed by atoms with van der Waals surface area (Å²) in [4.78, 5) is 2.74. The molecule has 2 saturated heterocycles. The maximum Gasteiger partial charge on any atom is -0.00160 e. The molecule has 1 N–H and O–H groups in total. The molecule has 0 aromatic heterocycles. The molecule has 0 saturated carbocycles. The maximum atomic E-state index is 3.47. The van der Waals surface area contributed by atoms with Crippen LogP contribution in [0.25, 0.3) is 0 Å². The van der Waals surface area contributed by atoms with Crippen LogP contribution in [0.4, 0.5) is 0 Å². The lowest BCUT2D eigenvalue weighted by Gasteiger charge is -2.26. The molecule has 0 radical (unpaired) electrons. The minimum absolute atomic E-state index is 0. The van der Waals surface area contributed by atoms with E-state index in [0.29, 0.717) is 0 Å². The number of hydrogen-bond donors (Lipinski definition) is 1. The zero-order valence-electron chi connectivity index (χ0n) is 12.9. The van der Waals surface area contributed by atoms with E-state index in [2.05, 4.69) is 24.1 Å². The predicted octanol–water partition coefficient (Wildman–Crippen LogP) is 3.56. The highest BCUT2D eigenvalue weighted by atomic mass is 35.5. The molecule has 1 unspecified atom stereocenters. The third-order valence-electron chi connectivity index (χ3n) is 5.12. The van der Waals surface area contributed by atoms with E-state index in [0.717, 1.165) is 17.8 Å².